The highest BCUT2D eigenvalue weighted by molar-refractivity contribution is 5.85. The van der Waals surface area contributed by atoms with Gasteiger partial charge in [0, 0.05) is 6.08 Å². The van der Waals surface area contributed by atoms with E-state index in [4.69, 9.17) is 9.84 Å². The highest BCUT2D eigenvalue weighted by Gasteiger charge is 1.96. The van der Waals surface area contributed by atoms with Crippen LogP contribution < -0.4 is 4.74 Å². The molecule has 19 heavy (non-hydrogen) atoms. The second-order valence-corrected chi connectivity index (χ2v) is 3.75. The van der Waals surface area contributed by atoms with Gasteiger partial charge in [-0.25, -0.2) is 14.5 Å². The van der Waals surface area contributed by atoms with Gasteiger partial charge in [0.15, 0.2) is 0 Å². The molecule has 6 heteroatoms. The van der Waals surface area contributed by atoms with Crippen LogP contribution in [0.2, 0.25) is 0 Å². The van der Waals surface area contributed by atoms with Gasteiger partial charge in [-0.2, -0.15) is 5.10 Å². The Hall–Kier alpha value is -2.63. The van der Waals surface area contributed by atoms with Gasteiger partial charge in [-0.1, -0.05) is 12.1 Å². The Morgan fingerprint density at radius 2 is 2.16 bits per heavy atom. The van der Waals surface area contributed by atoms with Crippen LogP contribution in [-0.4, -0.2) is 32.4 Å². The molecule has 0 aliphatic carbocycles. The average Bonchev–Trinajstić information content (AvgIpc) is 2.91. The van der Waals surface area contributed by atoms with Crippen molar-refractivity contribution < 1.29 is 14.6 Å². The number of benzene rings is 1. The van der Waals surface area contributed by atoms with Crippen LogP contribution in [0.4, 0.5) is 0 Å². The lowest BCUT2D eigenvalue weighted by molar-refractivity contribution is -0.131. The van der Waals surface area contributed by atoms with Crippen molar-refractivity contribution in [3.63, 3.8) is 0 Å². The van der Waals surface area contributed by atoms with E-state index >= 15 is 0 Å². The minimum absolute atomic E-state index is 0.494. The summed E-state index contributed by atoms with van der Waals surface area (Å²) in [7, 11) is 0. The third kappa shape index (κ3) is 4.27. The quantitative estimate of drug-likeness (QED) is 0.794. The van der Waals surface area contributed by atoms with Crippen molar-refractivity contribution in [1.82, 2.24) is 14.8 Å². The van der Waals surface area contributed by atoms with E-state index < -0.39 is 5.97 Å². The van der Waals surface area contributed by atoms with Crippen LogP contribution in [0.5, 0.6) is 5.75 Å². The van der Waals surface area contributed by atoms with Gasteiger partial charge in [-0.3, -0.25) is 0 Å². The van der Waals surface area contributed by atoms with Crippen LogP contribution >= 0.6 is 0 Å². The van der Waals surface area contributed by atoms with Gasteiger partial charge in [-0.15, -0.1) is 0 Å². The predicted octanol–water partition coefficient (Wildman–Crippen LogP) is 1.45. The lowest BCUT2D eigenvalue weighted by atomic mass is 10.2. The van der Waals surface area contributed by atoms with E-state index in [2.05, 4.69) is 10.1 Å². The van der Waals surface area contributed by atoms with Crippen LogP contribution in [0.25, 0.3) is 6.08 Å². The van der Waals surface area contributed by atoms with Gasteiger partial charge in [0.05, 0.1) is 6.54 Å². The van der Waals surface area contributed by atoms with Crippen LogP contribution in [0, 0.1) is 0 Å². The molecule has 0 atom stereocenters. The lowest BCUT2D eigenvalue weighted by Gasteiger charge is -2.06. The van der Waals surface area contributed by atoms with Crippen molar-refractivity contribution in [2.24, 2.45) is 0 Å². The number of carboxylic acids is 1. The fourth-order valence-corrected chi connectivity index (χ4v) is 1.45. The van der Waals surface area contributed by atoms with Crippen molar-refractivity contribution in [2.45, 2.75) is 6.54 Å². The first kappa shape index (κ1) is 12.8. The summed E-state index contributed by atoms with van der Waals surface area (Å²) in [5, 5.41) is 12.5. The Morgan fingerprint density at radius 3 is 2.79 bits per heavy atom. The molecular formula is C13H13N3O3. The van der Waals surface area contributed by atoms with Crippen molar-refractivity contribution >= 4 is 12.0 Å². The molecule has 0 aliphatic heterocycles. The molecule has 6 nitrogen and oxygen atoms in total. The standard InChI is InChI=1S/C13H13N3O3/c17-13(18)6-3-11-1-4-12(5-2-11)19-8-7-16-10-14-9-15-16/h1-6,9-10H,7-8H2,(H,17,18). The van der Waals surface area contributed by atoms with Gasteiger partial charge in [0.25, 0.3) is 0 Å². The molecule has 1 aromatic carbocycles. The van der Waals surface area contributed by atoms with E-state index in [-0.39, 0.29) is 0 Å². The fourth-order valence-electron chi connectivity index (χ4n) is 1.45. The van der Waals surface area contributed by atoms with Crippen molar-refractivity contribution in [3.8, 4) is 5.75 Å². The molecule has 0 fully saturated rings. The molecule has 1 aromatic heterocycles. The number of carboxylic acid groups (broad SMARTS) is 1. The minimum atomic E-state index is -0.965. The topological polar surface area (TPSA) is 77.2 Å². The maximum Gasteiger partial charge on any atom is 0.328 e. The molecule has 0 bridgehead atoms. The number of rotatable bonds is 6. The van der Waals surface area contributed by atoms with Gasteiger partial charge in [0.1, 0.15) is 25.0 Å². The summed E-state index contributed by atoms with van der Waals surface area (Å²) in [4.78, 5) is 14.2. The molecular weight excluding hydrogens is 246 g/mol. The maximum atomic E-state index is 10.4. The number of hydrogen-bond donors (Lipinski definition) is 1. The summed E-state index contributed by atoms with van der Waals surface area (Å²) < 4.78 is 7.22. The normalized spacial score (nSPS) is 10.7. The minimum Gasteiger partial charge on any atom is -0.492 e. The zero-order valence-corrected chi connectivity index (χ0v) is 10.1. The summed E-state index contributed by atoms with van der Waals surface area (Å²) in [5.41, 5.74) is 0.811. The highest BCUT2D eigenvalue weighted by atomic mass is 16.5. The summed E-state index contributed by atoms with van der Waals surface area (Å²) in [5.74, 6) is -0.235. The Bertz CT molecular complexity index is 547. The van der Waals surface area contributed by atoms with Crippen LogP contribution in [0.15, 0.2) is 43.0 Å². The third-order valence-corrected chi connectivity index (χ3v) is 2.35. The summed E-state index contributed by atoms with van der Waals surface area (Å²) >= 11 is 0. The van der Waals surface area contributed by atoms with Gasteiger partial charge < -0.3 is 9.84 Å². The molecule has 0 radical (unpaired) electrons. The number of aliphatic carboxylic acids is 1. The smallest absolute Gasteiger partial charge is 0.328 e. The third-order valence-electron chi connectivity index (χ3n) is 2.35. The van der Waals surface area contributed by atoms with Gasteiger partial charge >= 0.3 is 5.97 Å². The van der Waals surface area contributed by atoms with Crippen LogP contribution in [-0.2, 0) is 11.3 Å². The van der Waals surface area contributed by atoms with Crippen LogP contribution in [0.1, 0.15) is 5.56 Å². The largest absolute Gasteiger partial charge is 0.492 e. The zero-order valence-electron chi connectivity index (χ0n) is 10.1. The Morgan fingerprint density at radius 1 is 1.37 bits per heavy atom. The van der Waals surface area contributed by atoms with E-state index in [0.717, 1.165) is 17.4 Å². The van der Waals surface area contributed by atoms with Crippen LogP contribution in [0.3, 0.4) is 0 Å². The predicted molar refractivity (Wildman–Crippen MR) is 68.6 cm³/mol. The Labute approximate surface area is 110 Å². The summed E-state index contributed by atoms with van der Waals surface area (Å²) in [6.07, 6.45) is 5.73. The average molecular weight is 259 g/mol. The van der Waals surface area contributed by atoms with Crippen molar-refractivity contribution in [1.29, 1.82) is 0 Å². The SMILES string of the molecule is O=C(O)C=Cc1ccc(OCCn2cncn2)cc1. The van der Waals surface area contributed by atoms with Crippen molar-refractivity contribution in [3.05, 3.63) is 48.6 Å². The van der Waals surface area contributed by atoms with E-state index in [1.165, 1.54) is 12.4 Å². The first-order valence-electron chi connectivity index (χ1n) is 5.70. The Balaban J connectivity index is 1.83. The van der Waals surface area contributed by atoms with Gasteiger partial charge in [-0.05, 0) is 23.8 Å². The second-order valence-electron chi connectivity index (χ2n) is 3.75. The monoisotopic (exact) mass is 259 g/mol. The first-order valence-corrected chi connectivity index (χ1v) is 5.70. The number of aromatic nitrogens is 3. The van der Waals surface area contributed by atoms with Gasteiger partial charge in [0.2, 0.25) is 0 Å². The number of hydrogen-bond acceptors (Lipinski definition) is 4. The molecule has 2 rings (SSSR count). The Kier molecular flexibility index (Phi) is 4.28. The fraction of sp³-hybridized carbons (Fsp3) is 0.154. The molecule has 2 aromatic rings. The molecule has 1 N–H and O–H groups in total. The molecule has 0 saturated carbocycles. The molecule has 0 unspecified atom stereocenters. The first-order chi connectivity index (χ1) is 9.24. The van der Waals surface area contributed by atoms with E-state index in [0.29, 0.717) is 13.2 Å². The molecule has 98 valence electrons. The summed E-state index contributed by atoms with van der Waals surface area (Å²) in [6.45, 7) is 1.12. The molecule has 0 aliphatic rings. The van der Waals surface area contributed by atoms with E-state index in [9.17, 15) is 4.79 Å². The highest BCUT2D eigenvalue weighted by Crippen LogP contribution is 2.13. The molecule has 0 saturated heterocycles. The molecule has 0 spiro atoms. The van der Waals surface area contributed by atoms with Crippen molar-refractivity contribution in [2.75, 3.05) is 6.61 Å². The molecule has 0 amide bonds. The summed E-state index contributed by atoms with van der Waals surface area (Å²) in [6, 6.07) is 7.18. The lowest BCUT2D eigenvalue weighted by Crippen LogP contribution is -2.08. The molecule has 1 heterocycles. The number of nitrogens with zero attached hydrogens (tertiary/aromatic N) is 3. The number of ether oxygens (including phenoxy) is 1. The maximum absolute atomic E-state index is 10.4. The van der Waals surface area contributed by atoms with E-state index in [1.807, 2.05) is 0 Å². The second kappa shape index (κ2) is 6.34. The van der Waals surface area contributed by atoms with E-state index in [1.54, 1.807) is 35.3 Å². The zero-order chi connectivity index (χ0) is 13.5. The number of carbonyl (C=O) groups is 1.